The van der Waals surface area contributed by atoms with Gasteiger partial charge >= 0.3 is 6.18 Å². The van der Waals surface area contributed by atoms with Gasteiger partial charge < -0.3 is 10.6 Å². The van der Waals surface area contributed by atoms with E-state index in [-0.39, 0.29) is 35.9 Å². The third kappa shape index (κ3) is 3.96. The van der Waals surface area contributed by atoms with Crippen molar-refractivity contribution in [3.8, 4) is 6.07 Å². The van der Waals surface area contributed by atoms with Gasteiger partial charge in [-0.2, -0.15) is 18.4 Å². The molecular weight excluding hydrogens is 433 g/mol. The van der Waals surface area contributed by atoms with Gasteiger partial charge in [0.1, 0.15) is 11.7 Å². The maximum atomic E-state index is 13.8. The molecule has 0 spiro atoms. The molecule has 1 aromatic rings. The number of carbonyl (C=O) groups is 1. The lowest BCUT2D eigenvalue weighted by Gasteiger charge is -2.34. The average molecular weight is 463 g/mol. The first-order valence-electron chi connectivity index (χ1n) is 11.7. The number of amides is 1. The largest absolute Gasteiger partial charge is 0.410 e. The van der Waals surface area contributed by atoms with Crippen LogP contribution in [0.25, 0.3) is 0 Å². The minimum atomic E-state index is -4.38. The molecule has 0 radical (unpaired) electrons. The lowest BCUT2D eigenvalue weighted by Crippen LogP contribution is -2.52. The van der Waals surface area contributed by atoms with Crippen LogP contribution in [-0.2, 0) is 10.3 Å². The summed E-state index contributed by atoms with van der Waals surface area (Å²) < 4.78 is 41.5. The van der Waals surface area contributed by atoms with Crippen molar-refractivity contribution in [3.63, 3.8) is 0 Å². The molecule has 10 heteroatoms. The Balaban J connectivity index is 1.36. The summed E-state index contributed by atoms with van der Waals surface area (Å²) in [7, 11) is 0. The number of nitrogens with zero attached hydrogens (tertiary/aromatic N) is 2. The van der Waals surface area contributed by atoms with Crippen molar-refractivity contribution in [2.75, 3.05) is 18.4 Å². The predicted octanol–water partition coefficient (Wildman–Crippen LogP) is 2.58. The van der Waals surface area contributed by atoms with Gasteiger partial charge in [0.05, 0.1) is 18.4 Å². The Hall–Kier alpha value is -2.35. The number of hydrazine groups is 1. The van der Waals surface area contributed by atoms with E-state index in [1.165, 1.54) is 12.1 Å². The molecule has 3 saturated heterocycles. The second-order valence-electron chi connectivity index (χ2n) is 9.61. The number of alkyl halides is 3. The molecule has 33 heavy (non-hydrogen) atoms. The fourth-order valence-corrected chi connectivity index (χ4v) is 5.79. The average Bonchev–Trinajstić information content (AvgIpc) is 3.36. The summed E-state index contributed by atoms with van der Waals surface area (Å²) in [6.45, 7) is 0.931. The number of anilines is 1. The first-order chi connectivity index (χ1) is 15.8. The van der Waals surface area contributed by atoms with Crippen molar-refractivity contribution in [2.24, 2.45) is 11.8 Å². The van der Waals surface area contributed by atoms with Gasteiger partial charge in [0.25, 0.3) is 0 Å². The van der Waals surface area contributed by atoms with Gasteiger partial charge in [0, 0.05) is 24.3 Å². The molecule has 5 rings (SSSR count). The Morgan fingerprint density at radius 2 is 1.97 bits per heavy atom. The molecule has 7 nitrogen and oxygen atoms in total. The third-order valence-electron chi connectivity index (χ3n) is 7.62. The van der Waals surface area contributed by atoms with Gasteiger partial charge in [-0.25, -0.2) is 10.4 Å². The summed E-state index contributed by atoms with van der Waals surface area (Å²) in [6.07, 6.45) is -0.922. The monoisotopic (exact) mass is 462 g/mol. The molecule has 5 atom stereocenters. The maximum Gasteiger partial charge on any atom is 0.410 e. The van der Waals surface area contributed by atoms with E-state index in [9.17, 15) is 23.2 Å². The fraction of sp³-hybridized carbons (Fsp3) is 0.652. The number of piperidine rings is 1. The molecule has 4 fully saturated rings. The van der Waals surface area contributed by atoms with E-state index in [2.05, 4.69) is 32.5 Å². The summed E-state index contributed by atoms with van der Waals surface area (Å²) in [4.78, 5) is 12.8. The zero-order valence-electron chi connectivity index (χ0n) is 18.3. The zero-order chi connectivity index (χ0) is 23.2. The Morgan fingerprint density at radius 1 is 1.21 bits per heavy atom. The van der Waals surface area contributed by atoms with Crippen LogP contribution in [0.4, 0.5) is 18.9 Å². The van der Waals surface area contributed by atoms with Crippen molar-refractivity contribution >= 4 is 11.6 Å². The molecule has 1 aliphatic carbocycles. The van der Waals surface area contributed by atoms with E-state index in [1.807, 2.05) is 0 Å². The van der Waals surface area contributed by atoms with Crippen LogP contribution in [0.5, 0.6) is 0 Å². The van der Waals surface area contributed by atoms with Crippen molar-refractivity contribution in [1.29, 1.82) is 5.26 Å². The summed E-state index contributed by atoms with van der Waals surface area (Å²) in [5.41, 5.74) is 2.29. The number of nitriles is 1. The first kappa shape index (κ1) is 22.4. The van der Waals surface area contributed by atoms with E-state index in [0.717, 1.165) is 19.3 Å². The summed E-state index contributed by atoms with van der Waals surface area (Å²) in [5, 5.41) is 20.4. The van der Waals surface area contributed by atoms with Crippen LogP contribution >= 0.6 is 0 Å². The van der Waals surface area contributed by atoms with Crippen molar-refractivity contribution in [3.05, 3.63) is 29.8 Å². The number of hydrogen-bond acceptors (Lipinski definition) is 6. The molecule has 4 N–H and O–H groups in total. The molecule has 0 bridgehead atoms. The fourth-order valence-electron chi connectivity index (χ4n) is 5.79. The van der Waals surface area contributed by atoms with E-state index >= 15 is 0 Å². The van der Waals surface area contributed by atoms with Gasteiger partial charge in [0.2, 0.25) is 5.91 Å². The normalized spacial score (nSPS) is 33.3. The number of benzene rings is 1. The molecule has 1 saturated carbocycles. The molecule has 1 aromatic carbocycles. The van der Waals surface area contributed by atoms with E-state index < -0.39 is 17.9 Å². The topological polar surface area (TPSA) is 92.2 Å². The number of nitrogens with one attached hydrogen (secondary N) is 4. The van der Waals surface area contributed by atoms with Gasteiger partial charge in [-0.3, -0.25) is 10.1 Å². The second-order valence-corrected chi connectivity index (χ2v) is 9.61. The van der Waals surface area contributed by atoms with E-state index in [4.69, 9.17) is 0 Å². The summed E-state index contributed by atoms with van der Waals surface area (Å²) >= 11 is 0. The Bertz CT molecular complexity index is 920. The summed E-state index contributed by atoms with van der Waals surface area (Å²) in [5.74, 6) is 0.0581. The smallest absolute Gasteiger partial charge is 0.368 e. The number of carbonyl (C=O) groups excluding carboxylic acids is 1. The van der Waals surface area contributed by atoms with Gasteiger partial charge in [0.15, 0.2) is 0 Å². The minimum absolute atomic E-state index is 0.0216. The first-order valence-corrected chi connectivity index (χ1v) is 11.7. The predicted molar refractivity (Wildman–Crippen MR) is 115 cm³/mol. The SMILES string of the molecule is N#CC[C@@H](C1CC1)N1NC(Nc2ccc(C3(C(F)(F)F)CCCN3)cc2)C2C(=O)NCCC21. The molecule has 0 aromatic heterocycles. The Kier molecular flexibility index (Phi) is 5.75. The van der Waals surface area contributed by atoms with E-state index in [1.54, 1.807) is 12.1 Å². The standard InChI is InChI=1S/C23H29F3N6O/c24-23(25,26)22(10-1-12-29-22)15-4-6-16(7-5-15)30-20-19-18(9-13-28-21(19)33)32(31-20)17(8-11-27)14-2-3-14/h4-7,14,17-20,29-31H,1-3,8-10,12-13H2,(H,28,33)/t17-,18?,19?,20?,22?/m0/s1. The molecular formula is C23H29F3N6O. The molecule has 3 heterocycles. The van der Waals surface area contributed by atoms with Crippen LogP contribution in [0.3, 0.4) is 0 Å². The van der Waals surface area contributed by atoms with Gasteiger partial charge in [-0.1, -0.05) is 12.1 Å². The van der Waals surface area contributed by atoms with Crippen LogP contribution in [0.15, 0.2) is 24.3 Å². The van der Waals surface area contributed by atoms with Crippen molar-refractivity contribution in [2.45, 2.75) is 68.5 Å². The molecule has 178 valence electrons. The van der Waals surface area contributed by atoms with Crippen molar-refractivity contribution < 1.29 is 18.0 Å². The van der Waals surface area contributed by atoms with Crippen LogP contribution in [-0.4, -0.2) is 48.4 Å². The molecule has 3 aliphatic heterocycles. The minimum Gasteiger partial charge on any atom is -0.368 e. The maximum absolute atomic E-state index is 13.8. The highest BCUT2D eigenvalue weighted by Crippen LogP contribution is 2.45. The highest BCUT2D eigenvalue weighted by atomic mass is 19.4. The van der Waals surface area contributed by atoms with Crippen molar-refractivity contribution in [1.82, 2.24) is 21.1 Å². The number of halogens is 3. The quantitative estimate of drug-likeness (QED) is 0.520. The zero-order valence-corrected chi connectivity index (χ0v) is 18.3. The third-order valence-corrected chi connectivity index (χ3v) is 7.62. The second kappa shape index (κ2) is 8.46. The van der Waals surface area contributed by atoms with Gasteiger partial charge in [-0.05, 0) is 62.3 Å². The highest BCUT2D eigenvalue weighted by Gasteiger charge is 2.57. The Labute approximate surface area is 191 Å². The lowest BCUT2D eigenvalue weighted by atomic mass is 9.87. The van der Waals surface area contributed by atoms with E-state index in [0.29, 0.717) is 37.5 Å². The molecule has 4 aliphatic rings. The highest BCUT2D eigenvalue weighted by molar-refractivity contribution is 5.82. The number of rotatable bonds is 6. The number of hydrogen-bond donors (Lipinski definition) is 4. The number of fused-ring (bicyclic) bond motifs is 1. The summed E-state index contributed by atoms with van der Waals surface area (Å²) in [6, 6.07) is 8.65. The van der Waals surface area contributed by atoms with Crippen LogP contribution in [0.2, 0.25) is 0 Å². The Morgan fingerprint density at radius 3 is 2.58 bits per heavy atom. The van der Waals surface area contributed by atoms with Crippen LogP contribution < -0.4 is 21.4 Å². The lowest BCUT2D eigenvalue weighted by molar-refractivity contribution is -0.196. The molecule has 4 unspecified atom stereocenters. The van der Waals surface area contributed by atoms with Crippen LogP contribution in [0.1, 0.15) is 44.1 Å². The van der Waals surface area contributed by atoms with Gasteiger partial charge in [-0.15, -0.1) is 0 Å². The molecule has 1 amide bonds. The van der Waals surface area contributed by atoms with Crippen LogP contribution in [0, 0.1) is 23.2 Å².